The number of benzene rings is 2. The first-order valence-corrected chi connectivity index (χ1v) is 8.93. The van der Waals surface area contributed by atoms with E-state index < -0.39 is 38.2 Å². The second-order valence-electron chi connectivity index (χ2n) is 5.47. The lowest BCUT2D eigenvalue weighted by Gasteiger charge is -2.09. The van der Waals surface area contributed by atoms with Gasteiger partial charge in [0.05, 0.1) is 5.57 Å². The molecule has 4 nitrogen and oxygen atoms in total. The summed E-state index contributed by atoms with van der Waals surface area (Å²) in [4.78, 5) is 11.2. The fourth-order valence-corrected chi connectivity index (χ4v) is 3.30. The smallest absolute Gasteiger partial charge is 0.339 e. The van der Waals surface area contributed by atoms with E-state index in [0.29, 0.717) is 12.1 Å². The molecule has 0 saturated heterocycles. The molecule has 1 aliphatic heterocycles. The molecule has 1 heterocycles. The molecule has 0 bridgehead atoms. The highest BCUT2D eigenvalue weighted by atomic mass is 32.2. The summed E-state index contributed by atoms with van der Waals surface area (Å²) in [6.45, 7) is -0.305. The molecule has 2 aromatic rings. The van der Waals surface area contributed by atoms with E-state index in [9.17, 15) is 26.4 Å². The van der Waals surface area contributed by atoms with Gasteiger partial charge in [0.15, 0.2) is 9.84 Å². The SMILES string of the molecule is CS(=O)(=O)c1cc(F)c(C2=C(c3ccc(F)cc3)C(=O)OC2)cc1F. The lowest BCUT2D eigenvalue weighted by Crippen LogP contribution is -2.04. The Kier molecular flexibility index (Phi) is 4.16. The molecule has 2 aromatic carbocycles. The fourth-order valence-electron chi connectivity index (χ4n) is 2.57. The Morgan fingerprint density at radius 2 is 1.64 bits per heavy atom. The van der Waals surface area contributed by atoms with E-state index in [4.69, 9.17) is 4.74 Å². The number of halogens is 3. The minimum Gasteiger partial charge on any atom is -0.457 e. The Balaban J connectivity index is 2.21. The highest BCUT2D eigenvalue weighted by Crippen LogP contribution is 2.35. The predicted molar refractivity (Wildman–Crippen MR) is 83.6 cm³/mol. The molecular weight excluding hydrogens is 357 g/mol. The van der Waals surface area contributed by atoms with Gasteiger partial charge >= 0.3 is 5.97 Å². The molecule has 0 saturated carbocycles. The highest BCUT2D eigenvalue weighted by Gasteiger charge is 2.30. The summed E-state index contributed by atoms with van der Waals surface area (Å²) in [5, 5.41) is 0. The van der Waals surface area contributed by atoms with Crippen molar-refractivity contribution in [2.75, 3.05) is 12.9 Å². The summed E-state index contributed by atoms with van der Waals surface area (Å²) in [6, 6.07) is 6.15. The van der Waals surface area contributed by atoms with Gasteiger partial charge in [0.1, 0.15) is 29.0 Å². The number of ether oxygens (including phenoxy) is 1. The molecule has 0 N–H and O–H groups in total. The van der Waals surface area contributed by atoms with Crippen LogP contribution >= 0.6 is 0 Å². The Hall–Kier alpha value is -2.61. The van der Waals surface area contributed by atoms with Gasteiger partial charge in [0, 0.05) is 17.4 Å². The molecule has 0 aromatic heterocycles. The van der Waals surface area contributed by atoms with E-state index in [1.54, 1.807) is 0 Å². The first-order chi connectivity index (χ1) is 11.7. The third-order valence-corrected chi connectivity index (χ3v) is 4.84. The molecule has 0 aliphatic carbocycles. The maximum atomic E-state index is 14.4. The van der Waals surface area contributed by atoms with E-state index >= 15 is 0 Å². The normalized spacial score (nSPS) is 14.8. The number of sulfone groups is 1. The predicted octanol–water partition coefficient (Wildman–Crippen LogP) is 2.98. The molecule has 0 atom stereocenters. The van der Waals surface area contributed by atoms with Crippen molar-refractivity contribution in [3.05, 3.63) is 65.0 Å². The zero-order chi connectivity index (χ0) is 18.4. The maximum absolute atomic E-state index is 14.4. The second-order valence-corrected chi connectivity index (χ2v) is 7.46. The standard InChI is InChI=1S/C17H11F3O4S/c1-25(22,23)15-7-13(19)11(6-14(15)20)12-8-24-17(21)16(12)9-2-4-10(18)5-3-9/h2-7H,8H2,1H3. The van der Waals surface area contributed by atoms with Crippen molar-refractivity contribution in [3.63, 3.8) is 0 Å². The van der Waals surface area contributed by atoms with Gasteiger partial charge in [-0.15, -0.1) is 0 Å². The fraction of sp³-hybridized carbons (Fsp3) is 0.118. The molecule has 0 unspecified atom stereocenters. The Labute approximate surface area is 141 Å². The lowest BCUT2D eigenvalue weighted by molar-refractivity contribution is -0.133. The molecule has 0 amide bonds. The number of hydrogen-bond donors (Lipinski definition) is 0. The lowest BCUT2D eigenvalue weighted by atomic mass is 9.96. The number of carbonyl (C=O) groups is 1. The number of esters is 1. The van der Waals surface area contributed by atoms with Crippen molar-refractivity contribution in [3.8, 4) is 0 Å². The second kappa shape index (κ2) is 6.03. The molecule has 1 aliphatic rings. The number of rotatable bonds is 3. The summed E-state index contributed by atoms with van der Waals surface area (Å²) in [7, 11) is -3.95. The average Bonchev–Trinajstić information content (AvgIpc) is 2.90. The third kappa shape index (κ3) is 3.17. The third-order valence-electron chi connectivity index (χ3n) is 3.73. The minimum atomic E-state index is -3.95. The zero-order valence-corrected chi connectivity index (χ0v) is 13.7. The largest absolute Gasteiger partial charge is 0.457 e. The van der Waals surface area contributed by atoms with Gasteiger partial charge in [-0.05, 0) is 29.8 Å². The first kappa shape index (κ1) is 17.2. The van der Waals surface area contributed by atoms with Crippen LogP contribution in [0.15, 0.2) is 41.3 Å². The van der Waals surface area contributed by atoms with Crippen molar-refractivity contribution in [1.82, 2.24) is 0 Å². The van der Waals surface area contributed by atoms with Crippen molar-refractivity contribution in [1.29, 1.82) is 0 Å². The first-order valence-electron chi connectivity index (χ1n) is 7.04. The van der Waals surface area contributed by atoms with Crippen molar-refractivity contribution >= 4 is 27.0 Å². The molecule has 0 radical (unpaired) electrons. The topological polar surface area (TPSA) is 60.4 Å². The number of carbonyl (C=O) groups excluding carboxylic acids is 1. The quantitative estimate of drug-likeness (QED) is 0.782. The van der Waals surface area contributed by atoms with Crippen molar-refractivity contribution in [2.45, 2.75) is 4.90 Å². The van der Waals surface area contributed by atoms with Gasteiger partial charge in [-0.2, -0.15) is 0 Å². The zero-order valence-electron chi connectivity index (χ0n) is 12.8. The summed E-state index contributed by atoms with van der Waals surface area (Å²) in [5.74, 6) is -3.42. The number of cyclic esters (lactones) is 1. The molecule has 0 spiro atoms. The van der Waals surface area contributed by atoms with E-state index in [2.05, 4.69) is 0 Å². The maximum Gasteiger partial charge on any atom is 0.339 e. The van der Waals surface area contributed by atoms with Crippen LogP contribution < -0.4 is 0 Å². The van der Waals surface area contributed by atoms with E-state index in [0.717, 1.165) is 18.4 Å². The van der Waals surface area contributed by atoms with Crippen LogP contribution in [0.25, 0.3) is 11.1 Å². The Morgan fingerprint density at radius 1 is 1.00 bits per heavy atom. The van der Waals surface area contributed by atoms with Crippen LogP contribution in [0.4, 0.5) is 13.2 Å². The van der Waals surface area contributed by atoms with Crippen LogP contribution in [0.5, 0.6) is 0 Å². The minimum absolute atomic E-state index is 0.0228. The number of hydrogen-bond acceptors (Lipinski definition) is 4. The van der Waals surface area contributed by atoms with Crippen LogP contribution in [0.2, 0.25) is 0 Å². The highest BCUT2D eigenvalue weighted by molar-refractivity contribution is 7.90. The summed E-state index contributed by atoms with van der Waals surface area (Å²) in [6.07, 6.45) is 0.760. The van der Waals surface area contributed by atoms with Gasteiger partial charge in [-0.25, -0.2) is 26.4 Å². The van der Waals surface area contributed by atoms with E-state index in [-0.39, 0.29) is 28.9 Å². The molecule has 8 heteroatoms. The van der Waals surface area contributed by atoms with Gasteiger partial charge in [-0.1, -0.05) is 12.1 Å². The molecular formula is C17H11F3O4S. The molecule has 25 heavy (non-hydrogen) atoms. The van der Waals surface area contributed by atoms with Crippen molar-refractivity contribution < 1.29 is 31.1 Å². The molecule has 3 rings (SSSR count). The van der Waals surface area contributed by atoms with Crippen molar-refractivity contribution in [2.24, 2.45) is 0 Å². The Morgan fingerprint density at radius 3 is 2.24 bits per heavy atom. The summed E-state index contributed by atoms with van der Waals surface area (Å²) >= 11 is 0. The van der Waals surface area contributed by atoms with E-state index in [1.165, 1.54) is 12.1 Å². The van der Waals surface area contributed by atoms with Crippen LogP contribution in [0.1, 0.15) is 11.1 Å². The van der Waals surface area contributed by atoms with E-state index in [1.807, 2.05) is 0 Å². The average molecular weight is 368 g/mol. The van der Waals surface area contributed by atoms with Gasteiger partial charge in [0.2, 0.25) is 0 Å². The van der Waals surface area contributed by atoms with Crippen LogP contribution in [0, 0.1) is 17.5 Å². The molecule has 0 fully saturated rings. The van der Waals surface area contributed by atoms with Crippen LogP contribution in [0.3, 0.4) is 0 Å². The monoisotopic (exact) mass is 368 g/mol. The van der Waals surface area contributed by atoms with Crippen LogP contribution in [-0.2, 0) is 19.4 Å². The van der Waals surface area contributed by atoms with Gasteiger partial charge < -0.3 is 4.74 Å². The summed E-state index contributed by atoms with van der Waals surface area (Å²) in [5.41, 5.74) is 0.0411. The molecule has 130 valence electrons. The van der Waals surface area contributed by atoms with Gasteiger partial charge in [0.25, 0.3) is 0 Å². The van der Waals surface area contributed by atoms with Crippen LogP contribution in [-0.4, -0.2) is 27.2 Å². The summed E-state index contributed by atoms with van der Waals surface area (Å²) < 4.78 is 69.4. The van der Waals surface area contributed by atoms with Gasteiger partial charge in [-0.3, -0.25) is 0 Å². The Bertz CT molecular complexity index is 1010.